The minimum atomic E-state index is -0.422. The van der Waals surface area contributed by atoms with Gasteiger partial charge in [0.25, 0.3) is 5.69 Å². The quantitative estimate of drug-likeness (QED) is 0.603. The van der Waals surface area contributed by atoms with Crippen LogP contribution < -0.4 is 4.90 Å². The fourth-order valence-electron chi connectivity index (χ4n) is 2.41. The summed E-state index contributed by atoms with van der Waals surface area (Å²) < 4.78 is 0. The molecule has 1 atom stereocenters. The lowest BCUT2D eigenvalue weighted by Crippen LogP contribution is -2.38. The Morgan fingerprint density at radius 1 is 1.39 bits per heavy atom. The molecule has 1 aromatic carbocycles. The molecule has 1 aromatic rings. The number of benzene rings is 1. The van der Waals surface area contributed by atoms with Crippen molar-refractivity contribution in [2.45, 2.75) is 32.2 Å². The predicted octanol–water partition coefficient (Wildman–Crippen LogP) is 4.28. The molecular formula is C12H14Cl2N2O2. The SMILES string of the molecule is CC1CCCCN1c1c(Cl)cc(Cl)cc1[N+](=O)[O-]. The molecule has 4 nitrogen and oxygen atoms in total. The molecule has 0 aliphatic carbocycles. The third-order valence-electron chi connectivity index (χ3n) is 3.29. The van der Waals surface area contributed by atoms with E-state index in [0.29, 0.717) is 15.7 Å². The van der Waals surface area contributed by atoms with E-state index < -0.39 is 4.92 Å². The minimum Gasteiger partial charge on any atom is -0.362 e. The topological polar surface area (TPSA) is 46.4 Å². The van der Waals surface area contributed by atoms with E-state index >= 15 is 0 Å². The van der Waals surface area contributed by atoms with Crippen LogP contribution in [0.25, 0.3) is 0 Å². The average molecular weight is 289 g/mol. The fraction of sp³-hybridized carbons (Fsp3) is 0.500. The summed E-state index contributed by atoms with van der Waals surface area (Å²) in [6.07, 6.45) is 3.20. The molecule has 0 aromatic heterocycles. The van der Waals surface area contributed by atoms with Crippen LogP contribution in [-0.2, 0) is 0 Å². The van der Waals surface area contributed by atoms with Crippen LogP contribution in [-0.4, -0.2) is 17.5 Å². The first-order valence-corrected chi connectivity index (χ1v) is 6.66. The van der Waals surface area contributed by atoms with E-state index in [1.807, 2.05) is 4.90 Å². The number of hydrogen-bond donors (Lipinski definition) is 0. The Labute approximate surface area is 116 Å². The van der Waals surface area contributed by atoms with E-state index in [2.05, 4.69) is 6.92 Å². The van der Waals surface area contributed by atoms with Crippen LogP contribution in [0.2, 0.25) is 10.0 Å². The standard InChI is InChI=1S/C12H14Cl2N2O2/c1-8-4-2-3-5-15(8)12-10(14)6-9(13)7-11(12)16(17)18/h6-8H,2-5H2,1H3. The van der Waals surface area contributed by atoms with Crippen LogP contribution in [0, 0.1) is 10.1 Å². The van der Waals surface area contributed by atoms with Gasteiger partial charge in [0.1, 0.15) is 5.69 Å². The number of piperidine rings is 1. The van der Waals surface area contributed by atoms with Crippen LogP contribution in [0.5, 0.6) is 0 Å². The third kappa shape index (κ3) is 2.54. The average Bonchev–Trinajstić information content (AvgIpc) is 2.29. The summed E-state index contributed by atoms with van der Waals surface area (Å²) in [5.74, 6) is 0. The summed E-state index contributed by atoms with van der Waals surface area (Å²) in [6.45, 7) is 2.86. The van der Waals surface area contributed by atoms with Gasteiger partial charge < -0.3 is 4.90 Å². The second kappa shape index (κ2) is 5.33. The first-order chi connectivity index (χ1) is 8.50. The van der Waals surface area contributed by atoms with Gasteiger partial charge in [0.05, 0.1) is 9.95 Å². The largest absolute Gasteiger partial charge is 0.362 e. The van der Waals surface area contributed by atoms with E-state index in [4.69, 9.17) is 23.2 Å². The highest BCUT2D eigenvalue weighted by Crippen LogP contribution is 2.40. The number of nitro groups is 1. The molecule has 18 heavy (non-hydrogen) atoms. The van der Waals surface area contributed by atoms with Crippen LogP contribution >= 0.6 is 23.2 Å². The van der Waals surface area contributed by atoms with Crippen LogP contribution in [0.4, 0.5) is 11.4 Å². The van der Waals surface area contributed by atoms with E-state index in [1.165, 1.54) is 6.07 Å². The number of nitrogens with zero attached hydrogens (tertiary/aromatic N) is 2. The molecule has 98 valence electrons. The summed E-state index contributed by atoms with van der Waals surface area (Å²) in [7, 11) is 0. The second-order valence-corrected chi connectivity index (χ2v) is 5.39. The van der Waals surface area contributed by atoms with Gasteiger partial charge in [0.15, 0.2) is 0 Å². The highest BCUT2D eigenvalue weighted by atomic mass is 35.5. The van der Waals surface area contributed by atoms with Gasteiger partial charge in [-0.1, -0.05) is 23.2 Å². The Hall–Kier alpha value is -1.00. The molecule has 1 saturated heterocycles. The molecule has 1 unspecified atom stereocenters. The molecule has 0 amide bonds. The Morgan fingerprint density at radius 3 is 2.72 bits per heavy atom. The summed E-state index contributed by atoms with van der Waals surface area (Å²) >= 11 is 12.0. The Bertz CT molecular complexity index is 479. The van der Waals surface area contributed by atoms with Crippen molar-refractivity contribution in [2.24, 2.45) is 0 Å². The molecule has 1 fully saturated rings. The second-order valence-electron chi connectivity index (χ2n) is 4.55. The molecule has 0 radical (unpaired) electrons. The van der Waals surface area contributed by atoms with Gasteiger partial charge in [-0.25, -0.2) is 0 Å². The smallest absolute Gasteiger partial charge is 0.295 e. The maximum absolute atomic E-state index is 11.1. The number of anilines is 1. The van der Waals surface area contributed by atoms with Crippen molar-refractivity contribution in [1.29, 1.82) is 0 Å². The van der Waals surface area contributed by atoms with Gasteiger partial charge in [0.2, 0.25) is 0 Å². The zero-order valence-electron chi connectivity index (χ0n) is 10.0. The highest BCUT2D eigenvalue weighted by Gasteiger charge is 2.28. The van der Waals surface area contributed by atoms with Gasteiger partial charge in [0, 0.05) is 23.7 Å². The molecule has 2 rings (SSSR count). The van der Waals surface area contributed by atoms with Gasteiger partial charge in [-0.2, -0.15) is 0 Å². The molecular weight excluding hydrogens is 275 g/mol. The number of nitro benzene ring substituents is 1. The van der Waals surface area contributed by atoms with Gasteiger partial charge in [-0.3, -0.25) is 10.1 Å². The molecule has 6 heteroatoms. The fourth-order valence-corrected chi connectivity index (χ4v) is 3.00. The Kier molecular flexibility index (Phi) is 3.97. The lowest BCUT2D eigenvalue weighted by molar-refractivity contribution is -0.384. The zero-order chi connectivity index (χ0) is 13.3. The van der Waals surface area contributed by atoms with Crippen molar-refractivity contribution in [2.75, 3.05) is 11.4 Å². The summed E-state index contributed by atoms with van der Waals surface area (Å²) in [6, 6.07) is 3.19. The maximum atomic E-state index is 11.1. The van der Waals surface area contributed by atoms with E-state index in [1.54, 1.807) is 6.07 Å². The Balaban J connectivity index is 2.51. The summed E-state index contributed by atoms with van der Waals surface area (Å²) in [4.78, 5) is 12.7. The van der Waals surface area contributed by atoms with Crippen molar-refractivity contribution >= 4 is 34.6 Å². The van der Waals surface area contributed by atoms with Gasteiger partial charge in [-0.15, -0.1) is 0 Å². The molecule has 1 heterocycles. The molecule has 0 N–H and O–H groups in total. The number of hydrogen-bond acceptors (Lipinski definition) is 3. The highest BCUT2D eigenvalue weighted by molar-refractivity contribution is 6.37. The van der Waals surface area contributed by atoms with Crippen molar-refractivity contribution in [3.8, 4) is 0 Å². The van der Waals surface area contributed by atoms with Crippen molar-refractivity contribution in [3.05, 3.63) is 32.3 Å². The van der Waals surface area contributed by atoms with Crippen LogP contribution in [0.15, 0.2) is 12.1 Å². The van der Waals surface area contributed by atoms with Crippen molar-refractivity contribution in [1.82, 2.24) is 0 Å². The lowest BCUT2D eigenvalue weighted by Gasteiger charge is -2.35. The predicted molar refractivity (Wildman–Crippen MR) is 73.8 cm³/mol. The van der Waals surface area contributed by atoms with Crippen molar-refractivity contribution in [3.63, 3.8) is 0 Å². The summed E-state index contributed by atoms with van der Waals surface area (Å²) in [5.41, 5.74) is 0.486. The monoisotopic (exact) mass is 288 g/mol. The lowest BCUT2D eigenvalue weighted by atomic mass is 10.0. The zero-order valence-corrected chi connectivity index (χ0v) is 11.5. The third-order valence-corrected chi connectivity index (χ3v) is 3.80. The molecule has 0 spiro atoms. The van der Waals surface area contributed by atoms with Gasteiger partial charge >= 0.3 is 0 Å². The van der Waals surface area contributed by atoms with Crippen LogP contribution in [0.1, 0.15) is 26.2 Å². The maximum Gasteiger partial charge on any atom is 0.295 e. The van der Waals surface area contributed by atoms with Gasteiger partial charge in [-0.05, 0) is 32.3 Å². The Morgan fingerprint density at radius 2 is 2.11 bits per heavy atom. The normalized spacial score (nSPS) is 19.9. The van der Waals surface area contributed by atoms with E-state index in [9.17, 15) is 10.1 Å². The van der Waals surface area contributed by atoms with E-state index in [-0.39, 0.29) is 11.7 Å². The summed E-state index contributed by atoms with van der Waals surface area (Å²) in [5, 5.41) is 11.8. The van der Waals surface area contributed by atoms with Crippen molar-refractivity contribution < 1.29 is 4.92 Å². The molecule has 1 aliphatic rings. The number of halogens is 2. The molecule has 0 bridgehead atoms. The first kappa shape index (κ1) is 13.4. The van der Waals surface area contributed by atoms with Crippen LogP contribution in [0.3, 0.4) is 0 Å². The minimum absolute atomic E-state index is 0.0127. The first-order valence-electron chi connectivity index (χ1n) is 5.91. The number of rotatable bonds is 2. The van der Waals surface area contributed by atoms with E-state index in [0.717, 1.165) is 25.8 Å². The molecule has 1 aliphatic heterocycles. The molecule has 0 saturated carbocycles.